The highest BCUT2D eigenvalue weighted by molar-refractivity contribution is 6.77. The van der Waals surface area contributed by atoms with Crippen LogP contribution in [-0.4, -0.2) is 8.07 Å². The monoisotopic (exact) mass is 206 g/mol. The lowest BCUT2D eigenvalue weighted by molar-refractivity contribution is 0.556. The zero-order chi connectivity index (χ0) is 10.0. The maximum Gasteiger partial charge on any atom is 0.126 e. The molecular formula is C12H18OSi. The van der Waals surface area contributed by atoms with Crippen molar-refractivity contribution in [2.24, 2.45) is 0 Å². The van der Waals surface area contributed by atoms with Crippen molar-refractivity contribution in [2.75, 3.05) is 0 Å². The standard InChI is InChI=1S/C12H18OSi/c1-14(2)8-5-11(6-9-14)10-12-4-3-7-13-12/h3-4,7,10H,5-6,8-9H2,1-2H3. The van der Waals surface area contributed by atoms with Gasteiger partial charge in [0.2, 0.25) is 0 Å². The van der Waals surface area contributed by atoms with Crippen molar-refractivity contribution in [3.8, 4) is 0 Å². The van der Waals surface area contributed by atoms with Gasteiger partial charge in [0, 0.05) is 8.07 Å². The van der Waals surface area contributed by atoms with E-state index in [0.29, 0.717) is 0 Å². The summed E-state index contributed by atoms with van der Waals surface area (Å²) in [4.78, 5) is 0. The fourth-order valence-electron chi connectivity index (χ4n) is 1.97. The molecule has 0 spiro atoms. The van der Waals surface area contributed by atoms with E-state index in [4.69, 9.17) is 4.42 Å². The second-order valence-corrected chi connectivity index (χ2v) is 10.3. The van der Waals surface area contributed by atoms with Crippen LogP contribution in [0.3, 0.4) is 0 Å². The van der Waals surface area contributed by atoms with Crippen molar-refractivity contribution >= 4 is 14.1 Å². The smallest absolute Gasteiger partial charge is 0.126 e. The number of allylic oxidation sites excluding steroid dienone is 1. The maximum absolute atomic E-state index is 5.32. The molecule has 0 unspecified atom stereocenters. The highest BCUT2D eigenvalue weighted by Gasteiger charge is 2.25. The number of furan rings is 1. The summed E-state index contributed by atoms with van der Waals surface area (Å²) in [6, 6.07) is 6.87. The molecule has 1 aromatic rings. The molecule has 0 amide bonds. The van der Waals surface area contributed by atoms with Gasteiger partial charge < -0.3 is 4.42 Å². The minimum atomic E-state index is -0.805. The van der Waals surface area contributed by atoms with Crippen molar-refractivity contribution in [2.45, 2.75) is 38.0 Å². The zero-order valence-corrected chi connectivity index (χ0v) is 10.0. The summed E-state index contributed by atoms with van der Waals surface area (Å²) in [7, 11) is -0.805. The Morgan fingerprint density at radius 1 is 1.29 bits per heavy atom. The molecular weight excluding hydrogens is 188 g/mol. The van der Waals surface area contributed by atoms with Gasteiger partial charge in [-0.3, -0.25) is 0 Å². The Morgan fingerprint density at radius 2 is 2.00 bits per heavy atom. The van der Waals surface area contributed by atoms with Crippen molar-refractivity contribution in [3.05, 3.63) is 29.7 Å². The Balaban J connectivity index is 2.02. The average molecular weight is 206 g/mol. The van der Waals surface area contributed by atoms with Gasteiger partial charge in [-0.1, -0.05) is 30.8 Å². The van der Waals surface area contributed by atoms with Gasteiger partial charge in [-0.25, -0.2) is 0 Å². The molecule has 0 aromatic carbocycles. The Kier molecular flexibility index (Phi) is 2.64. The molecule has 0 N–H and O–H groups in total. The van der Waals surface area contributed by atoms with Crippen LogP contribution < -0.4 is 0 Å². The summed E-state index contributed by atoms with van der Waals surface area (Å²) in [6.07, 6.45) is 6.55. The van der Waals surface area contributed by atoms with Gasteiger partial charge in [0.1, 0.15) is 5.76 Å². The highest BCUT2D eigenvalue weighted by Crippen LogP contribution is 2.32. The van der Waals surface area contributed by atoms with Gasteiger partial charge in [0.15, 0.2) is 0 Å². The van der Waals surface area contributed by atoms with Gasteiger partial charge in [0.05, 0.1) is 6.26 Å². The molecule has 2 heteroatoms. The quantitative estimate of drug-likeness (QED) is 0.629. The Hall–Kier alpha value is -0.763. The number of hydrogen-bond donors (Lipinski definition) is 0. The van der Waals surface area contributed by atoms with Crippen molar-refractivity contribution in [1.82, 2.24) is 0 Å². The summed E-state index contributed by atoms with van der Waals surface area (Å²) in [6.45, 7) is 4.99. The first-order valence-corrected chi connectivity index (χ1v) is 8.80. The van der Waals surface area contributed by atoms with E-state index in [-0.39, 0.29) is 0 Å². The van der Waals surface area contributed by atoms with Crippen LogP contribution in [0.1, 0.15) is 18.6 Å². The topological polar surface area (TPSA) is 13.1 Å². The first kappa shape index (κ1) is 9.78. The Morgan fingerprint density at radius 3 is 2.57 bits per heavy atom. The molecule has 2 heterocycles. The second-order valence-electron chi connectivity index (χ2n) is 4.98. The molecule has 0 bridgehead atoms. The van der Waals surface area contributed by atoms with Crippen molar-refractivity contribution in [3.63, 3.8) is 0 Å². The molecule has 0 aliphatic carbocycles. The average Bonchev–Trinajstić information content (AvgIpc) is 2.61. The third-order valence-electron chi connectivity index (χ3n) is 3.14. The number of hydrogen-bond acceptors (Lipinski definition) is 1. The van der Waals surface area contributed by atoms with Gasteiger partial charge in [-0.05, 0) is 31.1 Å². The van der Waals surface area contributed by atoms with Crippen LogP contribution in [0.5, 0.6) is 0 Å². The molecule has 76 valence electrons. The van der Waals surface area contributed by atoms with Gasteiger partial charge in [-0.15, -0.1) is 0 Å². The van der Waals surface area contributed by atoms with Crippen LogP contribution >= 0.6 is 0 Å². The summed E-state index contributed by atoms with van der Waals surface area (Å²) < 4.78 is 5.32. The van der Waals surface area contributed by atoms with E-state index >= 15 is 0 Å². The Bertz CT molecular complexity index is 310. The third kappa shape index (κ3) is 2.38. The molecule has 1 fully saturated rings. The normalized spacial score (nSPS) is 20.9. The van der Waals surface area contributed by atoms with E-state index in [2.05, 4.69) is 19.2 Å². The van der Waals surface area contributed by atoms with E-state index in [1.54, 1.807) is 11.8 Å². The molecule has 0 atom stereocenters. The van der Waals surface area contributed by atoms with Crippen LogP contribution in [0.4, 0.5) is 0 Å². The van der Waals surface area contributed by atoms with Gasteiger partial charge in [0.25, 0.3) is 0 Å². The first-order chi connectivity index (χ1) is 6.66. The molecule has 1 saturated heterocycles. The molecule has 0 radical (unpaired) electrons. The predicted molar refractivity (Wildman–Crippen MR) is 63.0 cm³/mol. The summed E-state index contributed by atoms with van der Waals surface area (Å²) in [5, 5.41) is 0. The lowest BCUT2D eigenvalue weighted by Crippen LogP contribution is -2.28. The minimum absolute atomic E-state index is 0.805. The molecule has 14 heavy (non-hydrogen) atoms. The maximum atomic E-state index is 5.32. The summed E-state index contributed by atoms with van der Waals surface area (Å²) >= 11 is 0. The van der Waals surface area contributed by atoms with E-state index in [1.165, 1.54) is 24.9 Å². The predicted octanol–water partition coefficient (Wildman–Crippen LogP) is 4.17. The van der Waals surface area contributed by atoms with Gasteiger partial charge >= 0.3 is 0 Å². The van der Waals surface area contributed by atoms with E-state index < -0.39 is 8.07 Å². The molecule has 1 aliphatic heterocycles. The van der Waals surface area contributed by atoms with E-state index in [1.807, 2.05) is 12.1 Å². The minimum Gasteiger partial charge on any atom is -0.465 e. The zero-order valence-electron chi connectivity index (χ0n) is 9.05. The van der Waals surface area contributed by atoms with E-state index in [9.17, 15) is 0 Å². The largest absolute Gasteiger partial charge is 0.465 e. The van der Waals surface area contributed by atoms with Crippen LogP contribution in [0.25, 0.3) is 6.08 Å². The summed E-state index contributed by atoms with van der Waals surface area (Å²) in [5.41, 5.74) is 1.58. The number of rotatable bonds is 1. The third-order valence-corrected chi connectivity index (χ3v) is 6.34. The fraction of sp³-hybridized carbons (Fsp3) is 0.500. The van der Waals surface area contributed by atoms with Gasteiger partial charge in [-0.2, -0.15) is 0 Å². The molecule has 0 saturated carbocycles. The molecule has 2 rings (SSSR count). The van der Waals surface area contributed by atoms with E-state index in [0.717, 1.165) is 5.76 Å². The van der Waals surface area contributed by atoms with Crippen LogP contribution in [0.15, 0.2) is 28.4 Å². The van der Waals surface area contributed by atoms with Crippen LogP contribution in [0, 0.1) is 0 Å². The fourth-order valence-corrected chi connectivity index (χ4v) is 4.21. The highest BCUT2D eigenvalue weighted by atomic mass is 28.3. The molecule has 1 aromatic heterocycles. The summed E-state index contributed by atoms with van der Waals surface area (Å²) in [5.74, 6) is 1.02. The lowest BCUT2D eigenvalue weighted by atomic mass is 10.1. The van der Waals surface area contributed by atoms with Crippen LogP contribution in [-0.2, 0) is 0 Å². The Labute approximate surface area is 86.8 Å². The lowest BCUT2D eigenvalue weighted by Gasteiger charge is -2.28. The second kappa shape index (κ2) is 3.77. The van der Waals surface area contributed by atoms with Crippen LogP contribution in [0.2, 0.25) is 25.2 Å². The van der Waals surface area contributed by atoms with Crippen molar-refractivity contribution in [1.29, 1.82) is 0 Å². The molecule has 1 nitrogen and oxygen atoms in total. The SMILES string of the molecule is C[Si]1(C)CCC(=Cc2ccco2)CC1. The van der Waals surface area contributed by atoms with Crippen molar-refractivity contribution < 1.29 is 4.42 Å². The molecule has 1 aliphatic rings. The first-order valence-electron chi connectivity index (χ1n) is 5.39.